The van der Waals surface area contributed by atoms with E-state index in [4.69, 9.17) is 20.2 Å². The van der Waals surface area contributed by atoms with Crippen molar-refractivity contribution in [1.82, 2.24) is 0 Å². The molecule has 0 aliphatic heterocycles. The Labute approximate surface area is 48.8 Å². The van der Waals surface area contributed by atoms with Gasteiger partial charge < -0.3 is 0 Å². The summed E-state index contributed by atoms with van der Waals surface area (Å²) >= 11 is 0. The van der Waals surface area contributed by atoms with E-state index in [2.05, 4.69) is 21.1 Å². The van der Waals surface area contributed by atoms with Crippen LogP contribution >= 0.6 is 41.3 Å². The second-order valence-corrected chi connectivity index (χ2v) is 10.4. The van der Waals surface area contributed by atoms with Gasteiger partial charge in [0.05, 0.1) is 0 Å². The monoisotopic (exact) mass is 197 g/mol. The average Bonchev–Trinajstić information content (AvgIpc) is 0.722. The van der Waals surface area contributed by atoms with E-state index in [1.165, 1.54) is 0 Å². The molecule has 5 heavy (non-hydrogen) atoms. The quantitative estimate of drug-likeness (QED) is 0.549. The first-order valence-corrected chi connectivity index (χ1v) is 5.86. The molecule has 0 aliphatic rings. The molecule has 0 nitrogen and oxygen atoms in total. The van der Waals surface area contributed by atoms with Crippen molar-refractivity contribution in [1.29, 1.82) is 0 Å². The molecule has 0 bridgehead atoms. The van der Waals surface area contributed by atoms with Crippen molar-refractivity contribution < 1.29 is 7.76 Å². The normalized spacial score (nSPS) is 14.8. The predicted molar refractivity (Wildman–Crippen MR) is 26.9 cm³/mol. The summed E-state index contributed by atoms with van der Waals surface area (Å²) in [5, 5.41) is 0. The molecule has 0 spiro atoms. The molecule has 0 fully saturated rings. The molecule has 0 saturated heterocycles. The second kappa shape index (κ2) is 2.01. The molecule has 0 unspecified atom stereocenters. The van der Waals surface area contributed by atoms with E-state index in [1.807, 2.05) is 0 Å². The maximum atomic E-state index is 5.00. The van der Waals surface area contributed by atoms with Gasteiger partial charge in [-0.15, -0.1) is 0 Å². The summed E-state index contributed by atoms with van der Waals surface area (Å²) in [4.78, 5) is 0. The minimum absolute atomic E-state index is 2.01. The Morgan fingerprint density at radius 1 is 1.20 bits per heavy atom. The third-order valence-corrected chi connectivity index (χ3v) is 0. The number of rotatable bonds is 0. The van der Waals surface area contributed by atoms with Gasteiger partial charge in [0, 0.05) is 0 Å². The van der Waals surface area contributed by atoms with E-state index in [0.717, 1.165) is 0 Å². The molecule has 0 aliphatic carbocycles. The van der Waals surface area contributed by atoms with E-state index < -0.39 is 7.76 Å². The molecule has 0 N–H and O–H groups in total. The van der Waals surface area contributed by atoms with Crippen LogP contribution in [0, 0.1) is 0 Å². The second-order valence-electron chi connectivity index (χ2n) is 0.279. The average molecular weight is 199 g/mol. The summed E-state index contributed by atoms with van der Waals surface area (Å²) < 4.78 is 0. The molecular formula is Cl2CuS2. The van der Waals surface area contributed by atoms with Crippen molar-refractivity contribution in [3.8, 4) is 0 Å². The van der Waals surface area contributed by atoms with Gasteiger partial charge in [0.1, 0.15) is 0 Å². The Morgan fingerprint density at radius 3 is 1.20 bits per heavy atom. The van der Waals surface area contributed by atoms with Crippen molar-refractivity contribution >= 4 is 41.3 Å². The molecule has 37 valence electrons. The maximum absolute atomic E-state index is 5.00. The third-order valence-electron chi connectivity index (χ3n) is 0. The van der Waals surface area contributed by atoms with E-state index in [9.17, 15) is 0 Å². The Hall–Kier alpha value is 1.54. The van der Waals surface area contributed by atoms with Crippen LogP contribution in [0.5, 0.6) is 0 Å². The number of halogens is 2. The van der Waals surface area contributed by atoms with Crippen molar-refractivity contribution in [3.63, 3.8) is 0 Å². The van der Waals surface area contributed by atoms with E-state index >= 15 is 0 Å². The van der Waals surface area contributed by atoms with Crippen LogP contribution in [0.1, 0.15) is 0 Å². The van der Waals surface area contributed by atoms with Crippen molar-refractivity contribution in [2.75, 3.05) is 0 Å². The van der Waals surface area contributed by atoms with Crippen LogP contribution < -0.4 is 0 Å². The number of hydrogen-bond acceptors (Lipinski definition) is 2. The van der Waals surface area contributed by atoms with Gasteiger partial charge in [-0.25, -0.2) is 0 Å². The van der Waals surface area contributed by atoms with Crippen molar-refractivity contribution in [3.05, 3.63) is 0 Å². The zero-order chi connectivity index (χ0) is 4.50. The van der Waals surface area contributed by atoms with Gasteiger partial charge in [0.2, 0.25) is 0 Å². The first kappa shape index (κ1) is 6.54. The zero-order valence-corrected chi connectivity index (χ0v) is 5.96. The summed E-state index contributed by atoms with van der Waals surface area (Å²) in [7, 11) is 16.5. The Morgan fingerprint density at radius 2 is 1.20 bits per heavy atom. The van der Waals surface area contributed by atoms with Gasteiger partial charge in [-0.2, -0.15) is 0 Å². The van der Waals surface area contributed by atoms with E-state index in [-0.39, 0.29) is 0 Å². The van der Waals surface area contributed by atoms with Gasteiger partial charge in [-0.05, 0) is 0 Å². The fourth-order valence-electron chi connectivity index (χ4n) is 0. The van der Waals surface area contributed by atoms with Gasteiger partial charge in [-0.3, -0.25) is 0 Å². The summed E-state index contributed by atoms with van der Waals surface area (Å²) in [6.45, 7) is 0. The first-order valence-electron chi connectivity index (χ1n) is 0.474. The van der Waals surface area contributed by atoms with Crippen molar-refractivity contribution in [2.24, 2.45) is 0 Å². The molecule has 0 heterocycles. The molecule has 0 saturated carbocycles. The van der Waals surface area contributed by atoms with Crippen LogP contribution in [-0.4, -0.2) is 0 Å². The predicted octanol–water partition coefficient (Wildman–Crippen LogP) is 2.67. The Kier molecular flexibility index (Phi) is 2.63. The fraction of sp³-hybridized carbons (Fsp3) is 0. The molecule has 0 atom stereocenters. The molecule has 0 amide bonds. The first-order chi connectivity index (χ1) is 2.00. The molecule has 0 aromatic carbocycles. The SMILES string of the molecule is [S]=[Cu](=[S])([Cl])[Cl]. The molecular weight excluding hydrogens is 199 g/mol. The molecule has 0 rings (SSSR count). The van der Waals surface area contributed by atoms with Gasteiger partial charge >= 0.3 is 49.1 Å². The minimum atomic E-state index is -2.01. The van der Waals surface area contributed by atoms with Gasteiger partial charge in [-0.1, -0.05) is 0 Å². The zero-order valence-electron chi connectivity index (χ0n) is 1.87. The summed E-state index contributed by atoms with van der Waals surface area (Å²) in [5.74, 6) is 0. The van der Waals surface area contributed by atoms with Crippen molar-refractivity contribution in [2.45, 2.75) is 0 Å². The van der Waals surface area contributed by atoms with Gasteiger partial charge in [0.15, 0.2) is 0 Å². The molecule has 5 heteroatoms. The van der Waals surface area contributed by atoms with Crippen LogP contribution in [0.25, 0.3) is 0 Å². The van der Waals surface area contributed by atoms with Crippen LogP contribution in [0.2, 0.25) is 0 Å². The summed E-state index contributed by atoms with van der Waals surface area (Å²) in [5.41, 5.74) is 0. The van der Waals surface area contributed by atoms with Crippen LogP contribution in [0.4, 0.5) is 0 Å². The Balaban J connectivity index is 4.06. The Bertz CT molecular complexity index is 90.8. The van der Waals surface area contributed by atoms with E-state index in [1.54, 1.807) is 0 Å². The summed E-state index contributed by atoms with van der Waals surface area (Å²) in [6, 6.07) is 0. The fourth-order valence-corrected chi connectivity index (χ4v) is 0. The third kappa shape index (κ3) is 29.3. The molecule has 0 radical (unpaired) electrons. The van der Waals surface area contributed by atoms with Crippen LogP contribution in [0.15, 0.2) is 0 Å². The molecule has 0 aromatic rings. The number of hydrogen-bond donors (Lipinski definition) is 0. The van der Waals surface area contributed by atoms with Gasteiger partial charge in [0.25, 0.3) is 0 Å². The summed E-state index contributed by atoms with van der Waals surface area (Å²) in [6.07, 6.45) is 0. The van der Waals surface area contributed by atoms with E-state index in [0.29, 0.717) is 0 Å². The van der Waals surface area contributed by atoms with Crippen LogP contribution in [-0.2, 0) is 7.76 Å². The topological polar surface area (TPSA) is 0 Å². The van der Waals surface area contributed by atoms with Crippen LogP contribution in [0.3, 0.4) is 0 Å². The standard InChI is InChI=1S/2ClH.Cu.2S/h2*1H;;;/q;;+2;;/p-2. The molecule has 0 aromatic heterocycles.